The van der Waals surface area contributed by atoms with Crippen molar-refractivity contribution in [2.24, 2.45) is 5.92 Å². The van der Waals surface area contributed by atoms with Crippen molar-refractivity contribution in [3.05, 3.63) is 23.2 Å². The van der Waals surface area contributed by atoms with Gasteiger partial charge in [-0.3, -0.25) is 4.90 Å². The molecule has 0 spiro atoms. The van der Waals surface area contributed by atoms with Crippen molar-refractivity contribution in [3.8, 4) is 0 Å². The first-order chi connectivity index (χ1) is 11.8. The van der Waals surface area contributed by atoms with Crippen LogP contribution in [0.25, 0.3) is 0 Å². The lowest BCUT2D eigenvalue weighted by Crippen LogP contribution is -2.35. The Kier molecular flexibility index (Phi) is 5.43. The number of nitrogens with zero attached hydrogens (tertiary/aromatic N) is 4. The number of rotatable bonds is 5. The molecular weight excluding hydrogens is 334 g/mol. The van der Waals surface area contributed by atoms with E-state index in [0.29, 0.717) is 5.92 Å². The van der Waals surface area contributed by atoms with Crippen molar-refractivity contribution in [2.75, 3.05) is 25.0 Å². The van der Waals surface area contributed by atoms with E-state index < -0.39 is 0 Å². The maximum atomic E-state index is 5.70. The summed E-state index contributed by atoms with van der Waals surface area (Å²) in [5.41, 5.74) is 1.01. The average molecular weight is 364 g/mol. The minimum absolute atomic E-state index is 0.0123. The molecular formula is C18H29N5OS. The van der Waals surface area contributed by atoms with Gasteiger partial charge in [0.2, 0.25) is 11.0 Å². The summed E-state index contributed by atoms with van der Waals surface area (Å²) in [4.78, 5) is 11.5. The van der Waals surface area contributed by atoms with E-state index in [9.17, 15) is 0 Å². The Hall–Kier alpha value is -1.47. The van der Waals surface area contributed by atoms with Crippen molar-refractivity contribution in [1.82, 2.24) is 19.2 Å². The zero-order valence-corrected chi connectivity index (χ0v) is 16.7. The Balaban J connectivity index is 1.42. The summed E-state index contributed by atoms with van der Waals surface area (Å²) in [7, 11) is 0. The molecule has 1 fully saturated rings. The molecule has 0 radical (unpaired) electrons. The summed E-state index contributed by atoms with van der Waals surface area (Å²) < 4.78 is 10.2. The van der Waals surface area contributed by atoms with Gasteiger partial charge in [0.25, 0.3) is 0 Å². The van der Waals surface area contributed by atoms with Crippen LogP contribution in [0.1, 0.15) is 56.8 Å². The van der Waals surface area contributed by atoms with Crippen molar-refractivity contribution in [1.29, 1.82) is 0 Å². The topological polar surface area (TPSA) is 67.1 Å². The van der Waals surface area contributed by atoms with Crippen LogP contribution >= 0.6 is 11.5 Å². The summed E-state index contributed by atoms with van der Waals surface area (Å²) in [5.74, 6) is 3.38. The fraction of sp³-hybridized carbons (Fsp3) is 0.722. The zero-order valence-electron chi connectivity index (χ0n) is 15.9. The first kappa shape index (κ1) is 18.3. The molecule has 3 heterocycles. The molecule has 0 aromatic carbocycles. The standard InChI is InChI=1S/C18H29N5OS/c1-12-13(2)24-15(20-12)11-23-8-6-14(7-9-23)10-19-17-21-16(22-25-17)18(3,4)5/h14H,6-11H2,1-5H3,(H,19,21,22). The fourth-order valence-electron chi connectivity index (χ4n) is 2.98. The molecule has 0 saturated carbocycles. The van der Waals surface area contributed by atoms with Crippen LogP contribution in [-0.2, 0) is 12.0 Å². The lowest BCUT2D eigenvalue weighted by atomic mass is 9.96. The van der Waals surface area contributed by atoms with E-state index in [0.717, 1.165) is 54.5 Å². The van der Waals surface area contributed by atoms with E-state index in [2.05, 4.69) is 45.3 Å². The predicted molar refractivity (Wildman–Crippen MR) is 101 cm³/mol. The third-order valence-corrected chi connectivity index (χ3v) is 5.45. The highest BCUT2D eigenvalue weighted by molar-refractivity contribution is 7.09. The Morgan fingerprint density at radius 1 is 1.20 bits per heavy atom. The molecule has 1 N–H and O–H groups in total. The van der Waals surface area contributed by atoms with Crippen LogP contribution in [0, 0.1) is 19.8 Å². The van der Waals surface area contributed by atoms with Gasteiger partial charge in [-0.1, -0.05) is 20.8 Å². The molecule has 2 aromatic heterocycles. The Bertz CT molecular complexity index is 675. The van der Waals surface area contributed by atoms with Gasteiger partial charge in [0.15, 0.2) is 0 Å². The van der Waals surface area contributed by atoms with Crippen molar-refractivity contribution < 1.29 is 4.42 Å². The number of anilines is 1. The van der Waals surface area contributed by atoms with Crippen LogP contribution in [-0.4, -0.2) is 38.9 Å². The third kappa shape index (κ3) is 4.79. The number of hydrogen-bond donors (Lipinski definition) is 1. The summed E-state index contributed by atoms with van der Waals surface area (Å²) >= 11 is 1.47. The van der Waals surface area contributed by atoms with E-state index in [1.165, 1.54) is 24.4 Å². The maximum absolute atomic E-state index is 5.70. The third-order valence-electron chi connectivity index (χ3n) is 4.78. The van der Waals surface area contributed by atoms with Gasteiger partial charge in [-0.15, -0.1) is 0 Å². The van der Waals surface area contributed by atoms with Gasteiger partial charge >= 0.3 is 0 Å². The molecule has 1 aliphatic rings. The predicted octanol–water partition coefficient (Wildman–Crippen LogP) is 3.76. The second kappa shape index (κ2) is 7.41. The van der Waals surface area contributed by atoms with Gasteiger partial charge in [-0.2, -0.15) is 4.37 Å². The fourth-order valence-corrected chi connectivity index (χ4v) is 3.74. The van der Waals surface area contributed by atoms with Gasteiger partial charge in [-0.05, 0) is 45.7 Å². The van der Waals surface area contributed by atoms with E-state index in [1.807, 2.05) is 13.8 Å². The van der Waals surface area contributed by atoms with E-state index >= 15 is 0 Å². The van der Waals surface area contributed by atoms with Crippen LogP contribution in [0.5, 0.6) is 0 Å². The lowest BCUT2D eigenvalue weighted by molar-refractivity contribution is 0.167. The van der Waals surface area contributed by atoms with Gasteiger partial charge in [0.1, 0.15) is 11.6 Å². The van der Waals surface area contributed by atoms with E-state index in [-0.39, 0.29) is 5.41 Å². The quantitative estimate of drug-likeness (QED) is 0.872. The average Bonchev–Trinajstić information content (AvgIpc) is 3.14. The SMILES string of the molecule is Cc1nc(CN2CCC(CNc3nc(C(C)(C)C)ns3)CC2)oc1C. The van der Waals surface area contributed by atoms with E-state index in [4.69, 9.17) is 4.42 Å². The Labute approximate surface area is 154 Å². The molecule has 1 aliphatic heterocycles. The number of likely N-dealkylation sites (tertiary alicyclic amines) is 1. The maximum Gasteiger partial charge on any atom is 0.208 e. The second-order valence-corrected chi connectivity index (χ2v) is 8.77. The van der Waals surface area contributed by atoms with Crippen LogP contribution in [0.15, 0.2) is 4.42 Å². The molecule has 0 aliphatic carbocycles. The highest BCUT2D eigenvalue weighted by Gasteiger charge is 2.22. The number of hydrogen-bond acceptors (Lipinski definition) is 7. The normalized spacial score (nSPS) is 17.2. The van der Waals surface area contributed by atoms with Crippen LogP contribution in [0.2, 0.25) is 0 Å². The molecule has 0 amide bonds. The number of piperidine rings is 1. The minimum Gasteiger partial charge on any atom is -0.444 e. The largest absolute Gasteiger partial charge is 0.444 e. The molecule has 0 atom stereocenters. The number of aryl methyl sites for hydroxylation is 2. The summed E-state index contributed by atoms with van der Waals surface area (Å²) in [5, 5.41) is 4.42. The molecule has 0 unspecified atom stereocenters. The van der Waals surface area contributed by atoms with Crippen LogP contribution in [0.3, 0.4) is 0 Å². The van der Waals surface area contributed by atoms with Gasteiger partial charge < -0.3 is 9.73 Å². The molecule has 1 saturated heterocycles. The highest BCUT2D eigenvalue weighted by atomic mass is 32.1. The molecule has 25 heavy (non-hydrogen) atoms. The summed E-state index contributed by atoms with van der Waals surface area (Å²) in [6.07, 6.45) is 2.38. The van der Waals surface area contributed by atoms with Crippen molar-refractivity contribution in [2.45, 2.75) is 59.4 Å². The van der Waals surface area contributed by atoms with Crippen LogP contribution in [0.4, 0.5) is 5.13 Å². The first-order valence-corrected chi connectivity index (χ1v) is 9.82. The zero-order chi connectivity index (χ0) is 18.0. The van der Waals surface area contributed by atoms with E-state index in [1.54, 1.807) is 0 Å². The van der Waals surface area contributed by atoms with Gasteiger partial charge in [0.05, 0.1) is 12.2 Å². The lowest BCUT2D eigenvalue weighted by Gasteiger charge is -2.31. The number of oxazole rings is 1. The first-order valence-electron chi connectivity index (χ1n) is 9.04. The Morgan fingerprint density at radius 3 is 2.48 bits per heavy atom. The molecule has 7 heteroatoms. The smallest absolute Gasteiger partial charge is 0.208 e. The van der Waals surface area contributed by atoms with Gasteiger partial charge in [-0.25, -0.2) is 9.97 Å². The summed E-state index contributed by atoms with van der Waals surface area (Å²) in [6, 6.07) is 0. The van der Waals surface area contributed by atoms with Gasteiger partial charge in [0, 0.05) is 23.5 Å². The molecule has 3 rings (SSSR count). The molecule has 6 nitrogen and oxygen atoms in total. The number of nitrogens with one attached hydrogen (secondary N) is 1. The van der Waals surface area contributed by atoms with Crippen molar-refractivity contribution in [3.63, 3.8) is 0 Å². The monoisotopic (exact) mass is 363 g/mol. The molecule has 2 aromatic rings. The molecule has 0 bridgehead atoms. The number of aromatic nitrogens is 3. The minimum atomic E-state index is 0.0123. The van der Waals surface area contributed by atoms with Crippen molar-refractivity contribution >= 4 is 16.7 Å². The van der Waals surface area contributed by atoms with Crippen LogP contribution < -0.4 is 5.32 Å². The molecule has 138 valence electrons. The second-order valence-electron chi connectivity index (χ2n) is 8.02. The highest BCUT2D eigenvalue weighted by Crippen LogP contribution is 2.24. The summed E-state index contributed by atoms with van der Waals surface area (Å²) in [6.45, 7) is 14.4. The Morgan fingerprint density at radius 2 is 1.92 bits per heavy atom.